The minimum absolute atomic E-state index is 0.0342. The highest BCUT2D eigenvalue weighted by molar-refractivity contribution is 9.10. The van der Waals surface area contributed by atoms with E-state index in [0.29, 0.717) is 12.1 Å². The van der Waals surface area contributed by atoms with Crippen LogP contribution in [0.2, 0.25) is 0 Å². The van der Waals surface area contributed by atoms with Gasteiger partial charge in [0.05, 0.1) is 16.8 Å². The van der Waals surface area contributed by atoms with Gasteiger partial charge in [-0.05, 0) is 30.7 Å². The minimum atomic E-state index is -0.0342. The molecule has 0 aliphatic carbocycles. The van der Waals surface area contributed by atoms with Crippen LogP contribution >= 0.6 is 15.9 Å². The quantitative estimate of drug-likeness (QED) is 0.552. The Bertz CT molecular complexity index is 875. The number of pyridine rings is 1. The smallest absolute Gasteiger partial charge is 0.252 e. The maximum atomic E-state index is 12.7. The number of carbonyl (C=O) groups is 1. The molecule has 0 unspecified atom stereocenters. The van der Waals surface area contributed by atoms with Crippen LogP contribution in [0.25, 0.3) is 22.2 Å². The normalized spacial score (nSPS) is 10.8. The first-order valence-electron chi connectivity index (χ1n) is 8.63. The van der Waals surface area contributed by atoms with E-state index in [1.54, 1.807) is 0 Å². The van der Waals surface area contributed by atoms with Crippen molar-refractivity contribution in [1.29, 1.82) is 0 Å². The predicted molar refractivity (Wildman–Crippen MR) is 107 cm³/mol. The molecule has 0 aliphatic rings. The van der Waals surface area contributed by atoms with Crippen LogP contribution in [0.5, 0.6) is 0 Å². The van der Waals surface area contributed by atoms with Crippen LogP contribution in [0.15, 0.2) is 59.1 Å². The van der Waals surface area contributed by atoms with Crippen molar-refractivity contribution in [2.24, 2.45) is 0 Å². The van der Waals surface area contributed by atoms with E-state index in [1.165, 1.54) is 0 Å². The summed E-state index contributed by atoms with van der Waals surface area (Å²) in [6, 6.07) is 17.7. The van der Waals surface area contributed by atoms with Crippen molar-refractivity contribution in [1.82, 2.24) is 10.3 Å². The number of hydrogen-bond donors (Lipinski definition) is 1. The summed E-state index contributed by atoms with van der Waals surface area (Å²) in [5.41, 5.74) is 3.32. The first-order chi connectivity index (χ1) is 12.2. The molecule has 0 saturated carbocycles. The Balaban J connectivity index is 1.98. The largest absolute Gasteiger partial charge is 0.352 e. The lowest BCUT2D eigenvalue weighted by atomic mass is 10.0. The van der Waals surface area contributed by atoms with Crippen LogP contribution in [-0.2, 0) is 0 Å². The molecular weight excluding hydrogens is 376 g/mol. The van der Waals surface area contributed by atoms with E-state index in [9.17, 15) is 4.79 Å². The van der Waals surface area contributed by atoms with E-state index in [0.717, 1.165) is 45.9 Å². The van der Waals surface area contributed by atoms with Gasteiger partial charge in [-0.15, -0.1) is 0 Å². The Morgan fingerprint density at radius 3 is 2.60 bits per heavy atom. The minimum Gasteiger partial charge on any atom is -0.352 e. The van der Waals surface area contributed by atoms with Gasteiger partial charge in [-0.2, -0.15) is 0 Å². The second kappa shape index (κ2) is 8.26. The summed E-state index contributed by atoms with van der Waals surface area (Å²) >= 11 is 3.45. The topological polar surface area (TPSA) is 42.0 Å². The number of aromatic nitrogens is 1. The molecule has 0 aliphatic heterocycles. The molecule has 1 aromatic heterocycles. The lowest BCUT2D eigenvalue weighted by molar-refractivity contribution is 0.0954. The molecule has 1 N–H and O–H groups in total. The fourth-order valence-corrected chi connectivity index (χ4v) is 3.07. The van der Waals surface area contributed by atoms with E-state index in [-0.39, 0.29) is 5.91 Å². The van der Waals surface area contributed by atoms with Crippen molar-refractivity contribution in [3.8, 4) is 11.3 Å². The maximum absolute atomic E-state index is 12.7. The third kappa shape index (κ3) is 4.26. The van der Waals surface area contributed by atoms with Crippen molar-refractivity contribution in [3.05, 3.63) is 64.6 Å². The summed E-state index contributed by atoms with van der Waals surface area (Å²) in [6.45, 7) is 2.86. The molecule has 0 spiro atoms. The number of rotatable bonds is 6. The molecule has 0 bridgehead atoms. The molecule has 3 aromatic rings. The van der Waals surface area contributed by atoms with Gasteiger partial charge in [-0.1, -0.05) is 66.0 Å². The highest BCUT2D eigenvalue weighted by Crippen LogP contribution is 2.26. The van der Waals surface area contributed by atoms with Crippen molar-refractivity contribution in [3.63, 3.8) is 0 Å². The van der Waals surface area contributed by atoms with E-state index in [1.807, 2.05) is 54.6 Å². The van der Waals surface area contributed by atoms with Crippen LogP contribution in [0, 0.1) is 0 Å². The van der Waals surface area contributed by atoms with E-state index in [4.69, 9.17) is 4.98 Å². The highest BCUT2D eigenvalue weighted by Gasteiger charge is 2.13. The summed E-state index contributed by atoms with van der Waals surface area (Å²) < 4.78 is 1.02. The van der Waals surface area contributed by atoms with E-state index in [2.05, 4.69) is 28.2 Å². The third-order valence-electron chi connectivity index (χ3n) is 4.17. The summed E-state index contributed by atoms with van der Waals surface area (Å²) in [7, 11) is 0. The van der Waals surface area contributed by atoms with Crippen LogP contribution < -0.4 is 5.32 Å². The number of para-hydroxylation sites is 1. The number of amides is 1. The molecule has 1 amide bonds. The van der Waals surface area contributed by atoms with Crippen LogP contribution in [0.3, 0.4) is 0 Å². The number of benzene rings is 2. The molecule has 3 nitrogen and oxygen atoms in total. The summed E-state index contributed by atoms with van der Waals surface area (Å²) in [5, 5.41) is 3.93. The monoisotopic (exact) mass is 396 g/mol. The second-order valence-electron chi connectivity index (χ2n) is 6.04. The number of nitrogens with zero attached hydrogens (tertiary/aromatic N) is 1. The lowest BCUT2D eigenvalue weighted by Crippen LogP contribution is -2.24. The standard InChI is InChI=1S/C21H21BrN2O/c1-2-3-6-13-23-21(25)18-14-20(15-9-11-16(22)12-10-15)24-19-8-5-4-7-17(18)19/h4-5,7-12,14H,2-3,6,13H2,1H3,(H,23,25). The summed E-state index contributed by atoms with van der Waals surface area (Å²) in [4.78, 5) is 17.4. The Hall–Kier alpha value is -2.20. The number of hydrogen-bond acceptors (Lipinski definition) is 2. The third-order valence-corrected chi connectivity index (χ3v) is 4.70. The molecule has 3 rings (SSSR count). The van der Waals surface area contributed by atoms with Gasteiger partial charge in [-0.25, -0.2) is 4.98 Å². The first kappa shape index (κ1) is 17.6. The predicted octanol–water partition coefficient (Wildman–Crippen LogP) is 5.58. The summed E-state index contributed by atoms with van der Waals surface area (Å²) in [5.74, 6) is -0.0342. The van der Waals surface area contributed by atoms with Crippen molar-refractivity contribution in [2.75, 3.05) is 6.54 Å². The molecule has 1 heterocycles. The van der Waals surface area contributed by atoms with Gasteiger partial charge in [0.25, 0.3) is 5.91 Å². The number of carbonyl (C=O) groups excluding carboxylic acids is 1. The molecule has 2 aromatic carbocycles. The Morgan fingerprint density at radius 2 is 1.84 bits per heavy atom. The average molecular weight is 397 g/mol. The van der Waals surface area contributed by atoms with Gasteiger partial charge in [0, 0.05) is 22.0 Å². The maximum Gasteiger partial charge on any atom is 0.252 e. The first-order valence-corrected chi connectivity index (χ1v) is 9.42. The van der Waals surface area contributed by atoms with Crippen LogP contribution in [0.4, 0.5) is 0 Å². The highest BCUT2D eigenvalue weighted by atomic mass is 79.9. The van der Waals surface area contributed by atoms with Crippen molar-refractivity contribution in [2.45, 2.75) is 26.2 Å². The Morgan fingerprint density at radius 1 is 1.08 bits per heavy atom. The number of unbranched alkanes of at least 4 members (excludes halogenated alkanes) is 2. The number of fused-ring (bicyclic) bond motifs is 1. The Kier molecular flexibility index (Phi) is 5.82. The SMILES string of the molecule is CCCCCNC(=O)c1cc(-c2ccc(Br)cc2)nc2ccccc12. The zero-order valence-corrected chi connectivity index (χ0v) is 15.8. The zero-order valence-electron chi connectivity index (χ0n) is 14.3. The molecular formula is C21H21BrN2O. The fourth-order valence-electron chi connectivity index (χ4n) is 2.80. The number of nitrogens with one attached hydrogen (secondary N) is 1. The average Bonchev–Trinajstić information content (AvgIpc) is 2.65. The van der Waals surface area contributed by atoms with Crippen LogP contribution in [0.1, 0.15) is 36.5 Å². The van der Waals surface area contributed by atoms with Crippen molar-refractivity contribution < 1.29 is 4.79 Å². The molecule has 128 valence electrons. The lowest BCUT2D eigenvalue weighted by Gasteiger charge is -2.11. The van der Waals surface area contributed by atoms with E-state index < -0.39 is 0 Å². The van der Waals surface area contributed by atoms with E-state index >= 15 is 0 Å². The molecule has 25 heavy (non-hydrogen) atoms. The number of halogens is 1. The second-order valence-corrected chi connectivity index (χ2v) is 6.96. The molecule has 0 saturated heterocycles. The molecule has 0 fully saturated rings. The molecule has 0 radical (unpaired) electrons. The zero-order chi connectivity index (χ0) is 17.6. The van der Waals surface area contributed by atoms with Crippen molar-refractivity contribution >= 4 is 32.7 Å². The fraction of sp³-hybridized carbons (Fsp3) is 0.238. The van der Waals surface area contributed by atoms with Gasteiger partial charge in [0.2, 0.25) is 0 Å². The summed E-state index contributed by atoms with van der Waals surface area (Å²) in [6.07, 6.45) is 3.27. The van der Waals surface area contributed by atoms with Gasteiger partial charge in [-0.3, -0.25) is 4.79 Å². The Labute approximate surface area is 156 Å². The molecule has 4 heteroatoms. The van der Waals surface area contributed by atoms with Gasteiger partial charge in [0.1, 0.15) is 0 Å². The van der Waals surface area contributed by atoms with Crippen LogP contribution in [-0.4, -0.2) is 17.4 Å². The molecule has 0 atom stereocenters. The van der Waals surface area contributed by atoms with Gasteiger partial charge in [0.15, 0.2) is 0 Å². The van der Waals surface area contributed by atoms with Gasteiger partial charge >= 0.3 is 0 Å². The van der Waals surface area contributed by atoms with Gasteiger partial charge < -0.3 is 5.32 Å².